The molecule has 6 heteroatoms. The molecule has 0 spiro atoms. The third kappa shape index (κ3) is 3.25. The van der Waals surface area contributed by atoms with Gasteiger partial charge in [-0.1, -0.05) is 42.5 Å². The minimum atomic E-state index is -4.05. The summed E-state index contributed by atoms with van der Waals surface area (Å²) in [5, 5.41) is 2.28. The van der Waals surface area contributed by atoms with Crippen molar-refractivity contribution in [3.63, 3.8) is 0 Å². The van der Waals surface area contributed by atoms with E-state index < -0.39 is 7.60 Å². The van der Waals surface area contributed by atoms with Crippen molar-refractivity contribution in [2.75, 3.05) is 5.73 Å². The van der Waals surface area contributed by atoms with Crippen molar-refractivity contribution in [2.45, 2.75) is 12.7 Å². The summed E-state index contributed by atoms with van der Waals surface area (Å²) in [7, 11) is -4.05. The van der Waals surface area contributed by atoms with Gasteiger partial charge in [0, 0.05) is 34.0 Å². The molecule has 4 N–H and O–H groups in total. The van der Waals surface area contributed by atoms with Gasteiger partial charge in [0.05, 0.1) is 6.16 Å². The highest BCUT2D eigenvalue weighted by molar-refractivity contribution is 7.50. The highest BCUT2D eigenvalue weighted by atomic mass is 31.2. The van der Waals surface area contributed by atoms with E-state index in [-0.39, 0.29) is 6.16 Å². The molecule has 1 aromatic heterocycles. The predicted octanol–water partition coefficient (Wildman–Crippen LogP) is 4.10. The zero-order valence-corrected chi connectivity index (χ0v) is 14.9. The maximum atomic E-state index is 11.1. The number of nitrogen functional groups attached to an aromatic ring is 1. The molecule has 0 aliphatic carbocycles. The van der Waals surface area contributed by atoms with Gasteiger partial charge >= 0.3 is 7.60 Å². The van der Waals surface area contributed by atoms with Crippen molar-refractivity contribution >= 4 is 35.1 Å². The zero-order chi connectivity index (χ0) is 18.3. The van der Waals surface area contributed by atoms with Crippen LogP contribution in [0.25, 0.3) is 21.8 Å². The molecule has 0 unspecified atom stereocenters. The fourth-order valence-electron chi connectivity index (χ4n) is 3.41. The summed E-state index contributed by atoms with van der Waals surface area (Å²) in [5.74, 6) is 0. The molecule has 0 aliphatic rings. The molecule has 0 radical (unpaired) electrons. The number of nitrogens with zero attached hydrogens (tertiary/aromatic N) is 1. The van der Waals surface area contributed by atoms with Crippen LogP contribution in [0.2, 0.25) is 0 Å². The summed E-state index contributed by atoms with van der Waals surface area (Å²) in [4.78, 5) is 18.2. The number of benzene rings is 3. The van der Waals surface area contributed by atoms with E-state index in [9.17, 15) is 4.57 Å². The number of rotatable bonds is 4. The molecule has 3 aromatic carbocycles. The van der Waals surface area contributed by atoms with Gasteiger partial charge in [0.1, 0.15) is 0 Å². The first kappa shape index (κ1) is 16.9. The molecule has 0 bridgehead atoms. The van der Waals surface area contributed by atoms with E-state index in [4.69, 9.17) is 15.5 Å². The Labute approximate surface area is 150 Å². The first-order valence-electron chi connectivity index (χ1n) is 8.29. The summed E-state index contributed by atoms with van der Waals surface area (Å²) >= 11 is 0. The first-order chi connectivity index (χ1) is 12.4. The van der Waals surface area contributed by atoms with Crippen LogP contribution in [-0.2, 0) is 17.3 Å². The summed E-state index contributed by atoms with van der Waals surface area (Å²) in [5.41, 5.74) is 10.7. The van der Waals surface area contributed by atoms with Crippen molar-refractivity contribution in [3.8, 4) is 0 Å². The second-order valence-electron chi connectivity index (χ2n) is 6.52. The van der Waals surface area contributed by atoms with E-state index in [2.05, 4.69) is 16.7 Å². The molecular formula is C20H19N2O3P. The van der Waals surface area contributed by atoms with Gasteiger partial charge in [-0.25, -0.2) is 0 Å². The monoisotopic (exact) mass is 366 g/mol. The number of para-hydroxylation sites is 1. The van der Waals surface area contributed by atoms with Crippen molar-refractivity contribution in [1.29, 1.82) is 0 Å². The summed E-state index contributed by atoms with van der Waals surface area (Å²) < 4.78 is 13.4. The Morgan fingerprint density at radius 1 is 0.846 bits per heavy atom. The Hall–Kier alpha value is -2.59. The van der Waals surface area contributed by atoms with Gasteiger partial charge in [-0.2, -0.15) is 0 Å². The fraction of sp³-hybridized carbons (Fsp3) is 0.100. The van der Waals surface area contributed by atoms with Crippen molar-refractivity contribution < 1.29 is 14.4 Å². The van der Waals surface area contributed by atoms with Crippen LogP contribution in [0.3, 0.4) is 0 Å². The first-order valence-corrected chi connectivity index (χ1v) is 10.1. The quantitative estimate of drug-likeness (QED) is 0.375. The second kappa shape index (κ2) is 6.29. The van der Waals surface area contributed by atoms with Crippen LogP contribution in [0.1, 0.15) is 11.1 Å². The molecule has 0 amide bonds. The maximum Gasteiger partial charge on any atom is 0.329 e. The topological polar surface area (TPSA) is 88.5 Å². The third-order valence-corrected chi connectivity index (χ3v) is 5.33. The number of hydrogen-bond acceptors (Lipinski definition) is 2. The maximum absolute atomic E-state index is 11.1. The Bertz CT molecular complexity index is 1140. The van der Waals surface area contributed by atoms with Crippen LogP contribution in [0, 0.1) is 0 Å². The lowest BCUT2D eigenvalue weighted by Crippen LogP contribution is -1.99. The minimum absolute atomic E-state index is 0.234. The van der Waals surface area contributed by atoms with E-state index in [1.165, 1.54) is 0 Å². The van der Waals surface area contributed by atoms with Crippen LogP contribution < -0.4 is 5.73 Å². The van der Waals surface area contributed by atoms with E-state index in [0.29, 0.717) is 12.1 Å². The standard InChI is InChI=1S/C20H19N2O3P/c21-16-9-10-20-18(11-16)17-3-1-2-4-19(17)22(20)12-14-5-7-15(8-6-14)13-26(23,24)25/h1-11H,12-13,21H2,(H2,23,24,25). The normalized spacial score (nSPS) is 12.1. The third-order valence-electron chi connectivity index (χ3n) is 4.55. The number of fused-ring (bicyclic) bond motifs is 3. The largest absolute Gasteiger partial charge is 0.399 e. The molecule has 4 aromatic rings. The summed E-state index contributed by atoms with van der Waals surface area (Å²) in [6.07, 6.45) is -0.234. The molecular weight excluding hydrogens is 347 g/mol. The molecule has 4 rings (SSSR count). The molecule has 0 atom stereocenters. The summed E-state index contributed by atoms with van der Waals surface area (Å²) in [6, 6.07) is 21.6. The van der Waals surface area contributed by atoms with Crippen molar-refractivity contribution in [1.82, 2.24) is 4.57 Å². The molecule has 26 heavy (non-hydrogen) atoms. The fourth-order valence-corrected chi connectivity index (χ4v) is 4.10. The van der Waals surface area contributed by atoms with Gasteiger partial charge < -0.3 is 20.1 Å². The van der Waals surface area contributed by atoms with Gasteiger partial charge in [0.2, 0.25) is 0 Å². The number of anilines is 1. The minimum Gasteiger partial charge on any atom is -0.399 e. The molecule has 0 aliphatic heterocycles. The van der Waals surface area contributed by atoms with Crippen molar-refractivity contribution in [2.24, 2.45) is 0 Å². The van der Waals surface area contributed by atoms with Crippen molar-refractivity contribution in [3.05, 3.63) is 77.9 Å². The van der Waals surface area contributed by atoms with E-state index in [1.54, 1.807) is 12.1 Å². The smallest absolute Gasteiger partial charge is 0.329 e. The van der Waals surface area contributed by atoms with Gasteiger partial charge in [-0.15, -0.1) is 0 Å². The predicted molar refractivity (Wildman–Crippen MR) is 105 cm³/mol. The van der Waals surface area contributed by atoms with E-state index in [1.807, 2.05) is 42.5 Å². The Morgan fingerprint density at radius 2 is 1.50 bits per heavy atom. The summed E-state index contributed by atoms with van der Waals surface area (Å²) in [6.45, 7) is 0.671. The Morgan fingerprint density at radius 3 is 2.23 bits per heavy atom. The highest BCUT2D eigenvalue weighted by Gasteiger charge is 2.14. The average molecular weight is 366 g/mol. The average Bonchev–Trinajstić information content (AvgIpc) is 2.89. The van der Waals surface area contributed by atoms with Crippen LogP contribution in [0.4, 0.5) is 5.69 Å². The van der Waals surface area contributed by atoms with Gasteiger partial charge in [-0.3, -0.25) is 4.57 Å². The lowest BCUT2D eigenvalue weighted by molar-refractivity contribution is 0.371. The van der Waals surface area contributed by atoms with E-state index in [0.717, 1.165) is 33.1 Å². The zero-order valence-electron chi connectivity index (χ0n) is 14.0. The molecule has 0 saturated heterocycles. The molecule has 0 fully saturated rings. The SMILES string of the molecule is Nc1ccc2c(c1)c1ccccc1n2Cc1ccc(CP(=O)(O)O)cc1. The Kier molecular flexibility index (Phi) is 4.08. The highest BCUT2D eigenvalue weighted by Crippen LogP contribution is 2.39. The second-order valence-corrected chi connectivity index (χ2v) is 8.16. The van der Waals surface area contributed by atoms with Crippen LogP contribution in [-0.4, -0.2) is 14.4 Å². The van der Waals surface area contributed by atoms with Crippen LogP contribution >= 0.6 is 7.60 Å². The number of nitrogens with two attached hydrogens (primary N) is 1. The van der Waals surface area contributed by atoms with Gasteiger partial charge in [-0.05, 0) is 35.4 Å². The number of hydrogen-bond donors (Lipinski definition) is 3. The Balaban J connectivity index is 1.76. The van der Waals surface area contributed by atoms with Gasteiger partial charge in [0.25, 0.3) is 0 Å². The molecule has 5 nitrogen and oxygen atoms in total. The molecule has 132 valence electrons. The lowest BCUT2D eigenvalue weighted by Gasteiger charge is -2.09. The van der Waals surface area contributed by atoms with E-state index >= 15 is 0 Å². The van der Waals surface area contributed by atoms with Gasteiger partial charge in [0.15, 0.2) is 0 Å². The van der Waals surface area contributed by atoms with Crippen LogP contribution in [0.5, 0.6) is 0 Å². The molecule has 1 heterocycles. The number of aromatic nitrogens is 1. The lowest BCUT2D eigenvalue weighted by atomic mass is 10.1. The van der Waals surface area contributed by atoms with Crippen LogP contribution in [0.15, 0.2) is 66.7 Å². The molecule has 0 saturated carbocycles.